The van der Waals surface area contributed by atoms with Crippen molar-refractivity contribution in [3.63, 3.8) is 0 Å². The highest BCUT2D eigenvalue weighted by molar-refractivity contribution is 6.42. The summed E-state index contributed by atoms with van der Waals surface area (Å²) in [5.41, 5.74) is 1.23. The maximum absolute atomic E-state index is 13.3. The molecule has 0 aliphatic carbocycles. The number of hydrogen-bond donors (Lipinski definition) is 1. The number of halogens is 3. The first-order valence-electron chi connectivity index (χ1n) is 9.71. The second-order valence-electron chi connectivity index (χ2n) is 7.17. The molecule has 0 saturated carbocycles. The number of piperidine rings is 1. The molecule has 0 aromatic heterocycles. The molecule has 2 rings (SSSR count). The van der Waals surface area contributed by atoms with Crippen molar-refractivity contribution in [2.24, 2.45) is 0 Å². The third kappa shape index (κ3) is 6.97. The molecule has 0 spiro atoms. The molecule has 1 aliphatic rings. The molecule has 1 atom stereocenters. The zero-order chi connectivity index (χ0) is 18.9. The molecule has 0 radical (unpaired) electrons. The van der Waals surface area contributed by atoms with Gasteiger partial charge in [0.15, 0.2) is 0 Å². The lowest BCUT2D eigenvalue weighted by atomic mass is 9.95. The Morgan fingerprint density at radius 3 is 2.58 bits per heavy atom. The van der Waals surface area contributed by atoms with E-state index in [9.17, 15) is 4.39 Å². The van der Waals surface area contributed by atoms with Gasteiger partial charge in [-0.25, -0.2) is 4.39 Å². The molecule has 3 nitrogen and oxygen atoms in total. The molecule has 1 saturated heterocycles. The fourth-order valence-electron chi connectivity index (χ4n) is 3.57. The number of nitrogens with one attached hydrogen (secondary N) is 1. The van der Waals surface area contributed by atoms with Gasteiger partial charge >= 0.3 is 0 Å². The van der Waals surface area contributed by atoms with Crippen LogP contribution in [0.5, 0.6) is 0 Å². The van der Waals surface area contributed by atoms with Crippen LogP contribution in [0.3, 0.4) is 0 Å². The van der Waals surface area contributed by atoms with E-state index in [2.05, 4.69) is 28.1 Å². The van der Waals surface area contributed by atoms with Crippen LogP contribution in [0, 0.1) is 0 Å². The van der Waals surface area contributed by atoms with Crippen LogP contribution in [-0.4, -0.2) is 68.8 Å². The van der Waals surface area contributed by atoms with Gasteiger partial charge in [0.2, 0.25) is 0 Å². The van der Waals surface area contributed by atoms with Gasteiger partial charge in [-0.05, 0) is 63.0 Å². The monoisotopic (exact) mass is 403 g/mol. The molecule has 26 heavy (non-hydrogen) atoms. The highest BCUT2D eigenvalue weighted by Gasteiger charge is 2.19. The van der Waals surface area contributed by atoms with E-state index < -0.39 is 6.17 Å². The van der Waals surface area contributed by atoms with E-state index in [4.69, 9.17) is 23.2 Å². The predicted molar refractivity (Wildman–Crippen MR) is 110 cm³/mol. The summed E-state index contributed by atoms with van der Waals surface area (Å²) in [6.45, 7) is 9.06. The van der Waals surface area contributed by atoms with E-state index >= 15 is 0 Å². The molecule has 6 heteroatoms. The smallest absolute Gasteiger partial charge is 0.103 e. The normalized spacial score (nSPS) is 17.8. The summed E-state index contributed by atoms with van der Waals surface area (Å²) < 4.78 is 13.3. The van der Waals surface area contributed by atoms with Crippen molar-refractivity contribution >= 4 is 23.2 Å². The molecule has 1 heterocycles. The Kier molecular flexibility index (Phi) is 9.65. The minimum atomic E-state index is -0.595. The summed E-state index contributed by atoms with van der Waals surface area (Å²) in [7, 11) is 1.98. The lowest BCUT2D eigenvalue weighted by Gasteiger charge is -2.31. The minimum Gasteiger partial charge on any atom is -0.319 e. The zero-order valence-corrected chi connectivity index (χ0v) is 17.5. The number of benzene rings is 1. The third-order valence-electron chi connectivity index (χ3n) is 5.36. The van der Waals surface area contributed by atoms with Crippen LogP contribution >= 0.6 is 23.2 Å². The SMILES string of the molecule is CCN(CC[C@H](CNC)c1ccc(Cl)c(Cl)c1)CCN1CCC(F)CC1. The van der Waals surface area contributed by atoms with E-state index in [1.807, 2.05) is 19.2 Å². The Balaban J connectivity index is 1.84. The maximum Gasteiger partial charge on any atom is 0.103 e. The fourth-order valence-corrected chi connectivity index (χ4v) is 3.88. The van der Waals surface area contributed by atoms with E-state index in [1.165, 1.54) is 5.56 Å². The van der Waals surface area contributed by atoms with Gasteiger partial charge in [-0.1, -0.05) is 36.2 Å². The number of likely N-dealkylation sites (N-methyl/N-ethyl adjacent to an activating group) is 2. The Labute approximate surface area is 167 Å². The molecule has 1 aliphatic heterocycles. The number of nitrogens with zero attached hydrogens (tertiary/aromatic N) is 2. The Morgan fingerprint density at radius 1 is 1.23 bits per heavy atom. The first-order valence-corrected chi connectivity index (χ1v) is 10.5. The highest BCUT2D eigenvalue weighted by atomic mass is 35.5. The van der Waals surface area contributed by atoms with Crippen LogP contribution in [0.2, 0.25) is 10.0 Å². The molecular formula is C20H32Cl2FN3. The van der Waals surface area contributed by atoms with Gasteiger partial charge in [-0.15, -0.1) is 0 Å². The third-order valence-corrected chi connectivity index (χ3v) is 6.10. The second-order valence-corrected chi connectivity index (χ2v) is 7.98. The van der Waals surface area contributed by atoms with Crippen molar-refractivity contribution in [3.8, 4) is 0 Å². The summed E-state index contributed by atoms with van der Waals surface area (Å²) in [6.07, 6.45) is 1.85. The van der Waals surface area contributed by atoms with Gasteiger partial charge in [0.1, 0.15) is 6.17 Å². The average molecular weight is 404 g/mol. The van der Waals surface area contributed by atoms with E-state index in [1.54, 1.807) is 0 Å². The molecule has 0 bridgehead atoms. The van der Waals surface area contributed by atoms with E-state index in [-0.39, 0.29) is 0 Å². The lowest BCUT2D eigenvalue weighted by molar-refractivity contribution is 0.133. The number of likely N-dealkylation sites (tertiary alicyclic amines) is 1. The van der Waals surface area contributed by atoms with Gasteiger partial charge in [0.05, 0.1) is 10.0 Å². The summed E-state index contributed by atoms with van der Waals surface area (Å²) in [5, 5.41) is 4.51. The van der Waals surface area contributed by atoms with Crippen LogP contribution in [0.4, 0.5) is 4.39 Å². The van der Waals surface area contributed by atoms with E-state index in [0.29, 0.717) is 28.8 Å². The summed E-state index contributed by atoms with van der Waals surface area (Å²) >= 11 is 12.3. The Hall–Kier alpha value is -0.390. The second kappa shape index (κ2) is 11.5. The van der Waals surface area contributed by atoms with Gasteiger partial charge < -0.3 is 15.1 Å². The standard InChI is InChI=1S/C20H32Cl2FN3/c1-3-25(12-13-26-10-7-18(23)8-11-26)9-6-17(15-24-2)16-4-5-19(21)20(22)14-16/h4-5,14,17-18,24H,3,6-13,15H2,1-2H3/t17-/m1/s1. The van der Waals surface area contributed by atoms with Crippen molar-refractivity contribution in [2.75, 3.05) is 52.9 Å². The number of alkyl halides is 1. The fraction of sp³-hybridized carbons (Fsp3) is 0.700. The maximum atomic E-state index is 13.3. The van der Waals surface area contributed by atoms with Gasteiger partial charge in [0.25, 0.3) is 0 Å². The Morgan fingerprint density at radius 2 is 1.96 bits per heavy atom. The van der Waals surface area contributed by atoms with Crippen molar-refractivity contribution < 1.29 is 4.39 Å². The van der Waals surface area contributed by atoms with Crippen molar-refractivity contribution in [2.45, 2.75) is 38.3 Å². The summed E-state index contributed by atoms with van der Waals surface area (Å²) in [6, 6.07) is 5.95. The lowest BCUT2D eigenvalue weighted by Crippen LogP contribution is -2.40. The van der Waals surface area contributed by atoms with Crippen LogP contribution in [0.25, 0.3) is 0 Å². The Bertz CT molecular complexity index is 536. The van der Waals surface area contributed by atoms with Crippen molar-refractivity contribution in [1.29, 1.82) is 0 Å². The quantitative estimate of drug-likeness (QED) is 0.622. The minimum absolute atomic E-state index is 0.408. The van der Waals surface area contributed by atoms with Gasteiger partial charge in [0, 0.05) is 32.7 Å². The number of rotatable bonds is 10. The molecule has 1 fully saturated rings. The molecule has 1 aromatic carbocycles. The molecule has 1 N–H and O–H groups in total. The molecule has 1 aromatic rings. The largest absolute Gasteiger partial charge is 0.319 e. The first-order chi connectivity index (χ1) is 12.5. The van der Waals surface area contributed by atoms with E-state index in [0.717, 1.165) is 52.2 Å². The first kappa shape index (κ1) is 21.9. The molecule has 148 valence electrons. The molecule has 0 unspecified atom stereocenters. The van der Waals surface area contributed by atoms with Crippen LogP contribution < -0.4 is 5.32 Å². The van der Waals surface area contributed by atoms with Crippen molar-refractivity contribution in [3.05, 3.63) is 33.8 Å². The molecule has 0 amide bonds. The summed E-state index contributed by atoms with van der Waals surface area (Å²) in [5.74, 6) is 0.408. The van der Waals surface area contributed by atoms with Gasteiger partial charge in [-0.2, -0.15) is 0 Å². The topological polar surface area (TPSA) is 18.5 Å². The van der Waals surface area contributed by atoms with Crippen LogP contribution in [0.1, 0.15) is 37.7 Å². The van der Waals surface area contributed by atoms with Crippen molar-refractivity contribution in [1.82, 2.24) is 15.1 Å². The van der Waals surface area contributed by atoms with Crippen LogP contribution in [0.15, 0.2) is 18.2 Å². The zero-order valence-electron chi connectivity index (χ0n) is 16.0. The van der Waals surface area contributed by atoms with Gasteiger partial charge in [-0.3, -0.25) is 0 Å². The predicted octanol–water partition coefficient (Wildman–Crippen LogP) is 4.44. The molecular weight excluding hydrogens is 372 g/mol. The number of hydrogen-bond acceptors (Lipinski definition) is 3. The van der Waals surface area contributed by atoms with Crippen LogP contribution in [-0.2, 0) is 0 Å². The highest BCUT2D eigenvalue weighted by Crippen LogP contribution is 2.28. The average Bonchev–Trinajstić information content (AvgIpc) is 2.64. The summed E-state index contributed by atoms with van der Waals surface area (Å²) in [4.78, 5) is 4.88.